The normalized spacial score (nSPS) is 16.0. The van der Waals surface area contributed by atoms with E-state index >= 15 is 0 Å². The second kappa shape index (κ2) is 4.40. The van der Waals surface area contributed by atoms with Gasteiger partial charge in [-0.1, -0.05) is 20.3 Å². The van der Waals surface area contributed by atoms with Gasteiger partial charge in [-0.2, -0.15) is 0 Å². The fourth-order valence-electron chi connectivity index (χ4n) is 1.04. The van der Waals surface area contributed by atoms with Crippen molar-refractivity contribution in [3.05, 3.63) is 20.8 Å². The lowest BCUT2D eigenvalue weighted by Gasteiger charge is -2.16. The molecule has 1 unspecified atom stereocenters. The molecule has 0 spiro atoms. The third-order valence-corrected chi connectivity index (χ3v) is 3.90. The SMILES string of the molecule is CCC(C)[C@H](N)c1ccc(Br)s1. The minimum Gasteiger partial charge on any atom is -0.323 e. The third-order valence-electron chi connectivity index (χ3n) is 2.18. The summed E-state index contributed by atoms with van der Waals surface area (Å²) in [5, 5.41) is 0. The predicted molar refractivity (Wildman–Crippen MR) is 58.4 cm³/mol. The Hall–Kier alpha value is 0.140. The van der Waals surface area contributed by atoms with Gasteiger partial charge in [0.05, 0.1) is 3.79 Å². The molecule has 0 aliphatic heterocycles. The molecule has 68 valence electrons. The number of hydrogen-bond acceptors (Lipinski definition) is 2. The smallest absolute Gasteiger partial charge is 0.0701 e. The fourth-order valence-corrected chi connectivity index (χ4v) is 2.60. The van der Waals surface area contributed by atoms with Gasteiger partial charge in [-0.05, 0) is 34.0 Å². The standard InChI is InChI=1S/C9H14BrNS/c1-3-6(2)9(11)7-4-5-8(10)12-7/h4-6,9H,3,11H2,1-2H3/t6?,9-/m0/s1. The first kappa shape index (κ1) is 10.2. The molecule has 2 N–H and O–H groups in total. The van der Waals surface area contributed by atoms with Crippen molar-refractivity contribution in [1.82, 2.24) is 0 Å². The second-order valence-electron chi connectivity index (χ2n) is 3.05. The predicted octanol–water partition coefficient (Wildman–Crippen LogP) is 3.56. The molecule has 0 amide bonds. The van der Waals surface area contributed by atoms with Gasteiger partial charge >= 0.3 is 0 Å². The molecule has 0 saturated heterocycles. The lowest BCUT2D eigenvalue weighted by atomic mass is 9.99. The van der Waals surface area contributed by atoms with Gasteiger partial charge in [-0.15, -0.1) is 11.3 Å². The van der Waals surface area contributed by atoms with Crippen molar-refractivity contribution in [3.8, 4) is 0 Å². The summed E-state index contributed by atoms with van der Waals surface area (Å²) in [6.45, 7) is 4.37. The molecule has 1 nitrogen and oxygen atoms in total. The molecule has 0 bridgehead atoms. The largest absolute Gasteiger partial charge is 0.323 e. The van der Waals surface area contributed by atoms with Crippen LogP contribution in [-0.4, -0.2) is 0 Å². The number of thiophene rings is 1. The molecule has 0 aromatic carbocycles. The first-order chi connectivity index (χ1) is 5.65. The fraction of sp³-hybridized carbons (Fsp3) is 0.556. The first-order valence-electron chi connectivity index (χ1n) is 4.16. The molecule has 1 rings (SSSR count). The molecule has 0 radical (unpaired) electrons. The highest BCUT2D eigenvalue weighted by molar-refractivity contribution is 9.11. The van der Waals surface area contributed by atoms with Crippen LogP contribution in [0.4, 0.5) is 0 Å². The van der Waals surface area contributed by atoms with E-state index in [2.05, 4.69) is 41.9 Å². The summed E-state index contributed by atoms with van der Waals surface area (Å²) in [7, 11) is 0. The van der Waals surface area contributed by atoms with Crippen LogP contribution in [0, 0.1) is 5.92 Å². The molecule has 0 saturated carbocycles. The molecule has 2 atom stereocenters. The first-order valence-corrected chi connectivity index (χ1v) is 5.77. The van der Waals surface area contributed by atoms with Gasteiger partial charge in [0, 0.05) is 10.9 Å². The van der Waals surface area contributed by atoms with E-state index < -0.39 is 0 Å². The van der Waals surface area contributed by atoms with Crippen LogP contribution in [0.2, 0.25) is 0 Å². The lowest BCUT2D eigenvalue weighted by Crippen LogP contribution is -2.16. The molecule has 1 aromatic heterocycles. The molecule has 3 heteroatoms. The van der Waals surface area contributed by atoms with Gasteiger partial charge in [-0.3, -0.25) is 0 Å². The molecule has 0 aliphatic carbocycles. The highest BCUT2D eigenvalue weighted by Crippen LogP contribution is 2.30. The van der Waals surface area contributed by atoms with Crippen molar-refractivity contribution in [2.45, 2.75) is 26.3 Å². The summed E-state index contributed by atoms with van der Waals surface area (Å²) in [5.41, 5.74) is 6.05. The maximum absolute atomic E-state index is 6.05. The Balaban J connectivity index is 2.70. The van der Waals surface area contributed by atoms with Crippen LogP contribution in [0.3, 0.4) is 0 Å². The van der Waals surface area contributed by atoms with Crippen molar-refractivity contribution in [2.75, 3.05) is 0 Å². The van der Waals surface area contributed by atoms with Crippen molar-refractivity contribution < 1.29 is 0 Å². The van der Waals surface area contributed by atoms with Gasteiger partial charge in [-0.25, -0.2) is 0 Å². The Morgan fingerprint density at radius 2 is 2.25 bits per heavy atom. The van der Waals surface area contributed by atoms with Gasteiger partial charge in [0.2, 0.25) is 0 Å². The van der Waals surface area contributed by atoms with Crippen molar-refractivity contribution >= 4 is 27.3 Å². The van der Waals surface area contributed by atoms with E-state index in [0.717, 1.165) is 10.2 Å². The van der Waals surface area contributed by atoms with Gasteiger partial charge in [0.15, 0.2) is 0 Å². The van der Waals surface area contributed by atoms with Crippen LogP contribution in [0.5, 0.6) is 0 Å². The maximum atomic E-state index is 6.05. The van der Waals surface area contributed by atoms with Crippen molar-refractivity contribution in [3.63, 3.8) is 0 Å². The van der Waals surface area contributed by atoms with Crippen LogP contribution in [0.1, 0.15) is 31.2 Å². The number of halogens is 1. The Morgan fingerprint density at radius 3 is 2.67 bits per heavy atom. The van der Waals surface area contributed by atoms with Crippen molar-refractivity contribution in [1.29, 1.82) is 0 Å². The minimum absolute atomic E-state index is 0.200. The van der Waals surface area contributed by atoms with Crippen LogP contribution in [-0.2, 0) is 0 Å². The van der Waals surface area contributed by atoms with Gasteiger partial charge < -0.3 is 5.73 Å². The van der Waals surface area contributed by atoms with E-state index in [9.17, 15) is 0 Å². The number of rotatable bonds is 3. The number of hydrogen-bond donors (Lipinski definition) is 1. The van der Waals surface area contributed by atoms with E-state index in [1.54, 1.807) is 11.3 Å². The summed E-state index contributed by atoms with van der Waals surface area (Å²) in [6, 6.07) is 4.36. The summed E-state index contributed by atoms with van der Waals surface area (Å²) < 4.78 is 1.16. The van der Waals surface area contributed by atoms with Crippen LogP contribution >= 0.6 is 27.3 Å². The quantitative estimate of drug-likeness (QED) is 0.869. The summed E-state index contributed by atoms with van der Waals surface area (Å²) in [6.07, 6.45) is 1.14. The molecule has 12 heavy (non-hydrogen) atoms. The lowest BCUT2D eigenvalue weighted by molar-refractivity contribution is 0.462. The zero-order valence-electron chi connectivity index (χ0n) is 7.38. The topological polar surface area (TPSA) is 26.0 Å². The average molecular weight is 248 g/mol. The summed E-state index contributed by atoms with van der Waals surface area (Å²) in [4.78, 5) is 1.27. The molecule has 1 heterocycles. The molecule has 0 fully saturated rings. The monoisotopic (exact) mass is 247 g/mol. The third kappa shape index (κ3) is 2.31. The van der Waals surface area contributed by atoms with E-state index in [-0.39, 0.29) is 6.04 Å². The number of nitrogens with two attached hydrogens (primary N) is 1. The molecular formula is C9H14BrNS. The highest BCUT2D eigenvalue weighted by Gasteiger charge is 2.14. The van der Waals surface area contributed by atoms with Crippen LogP contribution in [0.15, 0.2) is 15.9 Å². The zero-order chi connectivity index (χ0) is 9.14. The summed E-state index contributed by atoms with van der Waals surface area (Å²) >= 11 is 5.17. The van der Waals surface area contributed by atoms with E-state index in [0.29, 0.717) is 5.92 Å². The van der Waals surface area contributed by atoms with E-state index in [1.165, 1.54) is 4.88 Å². The van der Waals surface area contributed by atoms with Gasteiger partial charge in [0.1, 0.15) is 0 Å². The molecule has 0 aliphatic rings. The van der Waals surface area contributed by atoms with E-state index in [4.69, 9.17) is 5.73 Å². The van der Waals surface area contributed by atoms with Crippen LogP contribution in [0.25, 0.3) is 0 Å². The summed E-state index contributed by atoms with van der Waals surface area (Å²) in [5.74, 6) is 0.565. The second-order valence-corrected chi connectivity index (χ2v) is 5.55. The van der Waals surface area contributed by atoms with Crippen LogP contribution < -0.4 is 5.73 Å². The highest BCUT2D eigenvalue weighted by atomic mass is 79.9. The Morgan fingerprint density at radius 1 is 1.58 bits per heavy atom. The minimum atomic E-state index is 0.200. The average Bonchev–Trinajstić information content (AvgIpc) is 2.49. The molecular weight excluding hydrogens is 234 g/mol. The Bertz CT molecular complexity index is 246. The Labute approximate surface area is 86.1 Å². The molecule has 1 aromatic rings. The van der Waals surface area contributed by atoms with Crippen molar-refractivity contribution in [2.24, 2.45) is 11.7 Å². The maximum Gasteiger partial charge on any atom is 0.0701 e. The van der Waals surface area contributed by atoms with Gasteiger partial charge in [0.25, 0.3) is 0 Å². The Kier molecular flexibility index (Phi) is 3.75. The zero-order valence-corrected chi connectivity index (χ0v) is 9.78. The van der Waals surface area contributed by atoms with E-state index in [1.807, 2.05) is 0 Å².